The maximum atomic E-state index is 8.87. The van der Waals surface area contributed by atoms with Gasteiger partial charge in [-0.1, -0.05) is 11.6 Å². The molecular formula is C8H10BN2O. The Kier molecular flexibility index (Phi) is 2.50. The van der Waals surface area contributed by atoms with Gasteiger partial charge in [0.2, 0.25) is 0 Å². The molecule has 0 atom stereocenters. The highest BCUT2D eigenvalue weighted by Crippen LogP contribution is 2.08. The van der Waals surface area contributed by atoms with Gasteiger partial charge in [-0.2, -0.15) is 0 Å². The molecule has 0 fully saturated rings. The summed E-state index contributed by atoms with van der Waals surface area (Å²) < 4.78 is 0. The van der Waals surface area contributed by atoms with E-state index in [1.807, 2.05) is 13.0 Å². The third kappa shape index (κ3) is 1.33. The average Bonchev–Trinajstić information content (AvgIpc) is 2.08. The van der Waals surface area contributed by atoms with Crippen LogP contribution in [-0.4, -0.2) is 18.7 Å². The third-order valence-electron chi connectivity index (χ3n) is 1.81. The first kappa shape index (κ1) is 8.81. The minimum absolute atomic E-state index is 0.510. The molecule has 1 radical (unpaired) electrons. The molecule has 12 heavy (non-hydrogen) atoms. The van der Waals surface area contributed by atoms with Crippen molar-refractivity contribution >= 4 is 24.8 Å². The number of hydrogen-bond donors (Lipinski definition) is 3. The van der Waals surface area contributed by atoms with Gasteiger partial charge in [-0.3, -0.25) is 0 Å². The minimum Gasteiger partial charge on any atom is -0.450 e. The Morgan fingerprint density at radius 3 is 2.67 bits per heavy atom. The highest BCUT2D eigenvalue weighted by Gasteiger charge is 2.06. The molecule has 0 spiro atoms. The monoisotopic (exact) mass is 161 g/mol. The van der Waals surface area contributed by atoms with E-state index < -0.39 is 0 Å². The molecule has 1 aromatic rings. The highest BCUT2D eigenvalue weighted by atomic mass is 16.2. The summed E-state index contributed by atoms with van der Waals surface area (Å²) in [6.45, 7) is 1.86. The summed E-state index contributed by atoms with van der Waals surface area (Å²) in [5.41, 5.74) is 8.19. The zero-order valence-corrected chi connectivity index (χ0v) is 6.83. The molecule has 0 aliphatic carbocycles. The van der Waals surface area contributed by atoms with Crippen LogP contribution in [0.3, 0.4) is 0 Å². The lowest BCUT2D eigenvalue weighted by molar-refractivity contribution is 0.615. The van der Waals surface area contributed by atoms with Crippen molar-refractivity contribution in [2.75, 3.05) is 5.73 Å². The first-order chi connectivity index (χ1) is 5.70. The molecule has 0 heterocycles. The normalized spacial score (nSPS) is 9.50. The Morgan fingerprint density at radius 2 is 2.25 bits per heavy atom. The SMILES string of the molecule is Cc1ccc(N)c(C=N)c1[B]O. The van der Waals surface area contributed by atoms with Crippen molar-refractivity contribution in [1.29, 1.82) is 5.41 Å². The van der Waals surface area contributed by atoms with Crippen LogP contribution in [0.5, 0.6) is 0 Å². The van der Waals surface area contributed by atoms with Gasteiger partial charge in [0.05, 0.1) is 0 Å². The summed E-state index contributed by atoms with van der Waals surface area (Å²) in [5.74, 6) is 0. The summed E-state index contributed by atoms with van der Waals surface area (Å²) in [6, 6.07) is 3.53. The zero-order chi connectivity index (χ0) is 9.14. The lowest BCUT2D eigenvalue weighted by atomic mass is 9.80. The summed E-state index contributed by atoms with van der Waals surface area (Å²) in [7, 11) is 0.978. The maximum absolute atomic E-state index is 8.87. The Balaban J connectivity index is 3.38. The molecule has 0 saturated carbocycles. The second kappa shape index (κ2) is 3.41. The number of anilines is 1. The molecule has 0 aliphatic heterocycles. The van der Waals surface area contributed by atoms with Crippen molar-refractivity contribution in [2.24, 2.45) is 0 Å². The van der Waals surface area contributed by atoms with E-state index in [2.05, 4.69) is 0 Å². The molecular weight excluding hydrogens is 151 g/mol. The molecule has 61 valence electrons. The van der Waals surface area contributed by atoms with Crippen LogP contribution in [0.25, 0.3) is 0 Å². The van der Waals surface area contributed by atoms with E-state index in [-0.39, 0.29) is 0 Å². The van der Waals surface area contributed by atoms with E-state index in [0.717, 1.165) is 19.3 Å². The lowest BCUT2D eigenvalue weighted by Gasteiger charge is -2.07. The second-order valence-corrected chi connectivity index (χ2v) is 2.57. The molecule has 0 aromatic heterocycles. The van der Waals surface area contributed by atoms with Gasteiger partial charge in [-0.05, 0) is 18.5 Å². The van der Waals surface area contributed by atoms with E-state index in [1.165, 1.54) is 0 Å². The molecule has 3 nitrogen and oxygen atoms in total. The fraction of sp³-hybridized carbons (Fsp3) is 0.125. The van der Waals surface area contributed by atoms with E-state index in [4.69, 9.17) is 16.2 Å². The fourth-order valence-corrected chi connectivity index (χ4v) is 1.09. The van der Waals surface area contributed by atoms with Gasteiger partial charge >= 0.3 is 7.48 Å². The number of aryl methyl sites for hydroxylation is 1. The first-order valence-corrected chi connectivity index (χ1v) is 3.57. The average molecular weight is 161 g/mol. The number of hydrogen-bond acceptors (Lipinski definition) is 3. The Hall–Kier alpha value is -1.29. The van der Waals surface area contributed by atoms with Gasteiger partial charge < -0.3 is 16.2 Å². The van der Waals surface area contributed by atoms with Crippen molar-refractivity contribution in [2.45, 2.75) is 6.92 Å². The standard InChI is InChI=1S/C8H10BN2O/c1-5-2-3-7(11)6(4-10)8(5)9-12/h2-4,10,12H,11H2,1H3. The van der Waals surface area contributed by atoms with Gasteiger partial charge in [-0.15, -0.1) is 0 Å². The van der Waals surface area contributed by atoms with Gasteiger partial charge in [-0.25, -0.2) is 0 Å². The molecule has 0 unspecified atom stereocenters. The van der Waals surface area contributed by atoms with Crippen LogP contribution in [0, 0.1) is 12.3 Å². The predicted octanol–water partition coefficient (Wildman–Crippen LogP) is -0.188. The van der Waals surface area contributed by atoms with Crippen molar-refractivity contribution in [3.8, 4) is 0 Å². The number of nitrogens with two attached hydrogens (primary N) is 1. The summed E-state index contributed by atoms with van der Waals surface area (Å²) >= 11 is 0. The Morgan fingerprint density at radius 1 is 1.58 bits per heavy atom. The molecule has 0 saturated heterocycles. The summed E-state index contributed by atoms with van der Waals surface area (Å²) in [6.07, 6.45) is 1.14. The van der Waals surface area contributed by atoms with Crippen molar-refractivity contribution in [3.05, 3.63) is 23.3 Å². The van der Waals surface area contributed by atoms with Crippen LogP contribution < -0.4 is 11.2 Å². The Bertz CT molecular complexity index is 312. The predicted molar refractivity (Wildman–Crippen MR) is 51.1 cm³/mol. The topological polar surface area (TPSA) is 70.1 Å². The molecule has 4 N–H and O–H groups in total. The van der Waals surface area contributed by atoms with Crippen LogP contribution >= 0.6 is 0 Å². The van der Waals surface area contributed by atoms with Crippen LogP contribution in [0.15, 0.2) is 12.1 Å². The second-order valence-electron chi connectivity index (χ2n) is 2.57. The molecule has 1 rings (SSSR count). The van der Waals surface area contributed by atoms with Gasteiger partial charge in [0.1, 0.15) is 0 Å². The number of nitrogen functional groups attached to an aromatic ring is 1. The third-order valence-corrected chi connectivity index (χ3v) is 1.81. The van der Waals surface area contributed by atoms with Crippen LogP contribution in [0.1, 0.15) is 11.1 Å². The number of nitrogens with one attached hydrogen (secondary N) is 1. The smallest absolute Gasteiger partial charge is 0.327 e. The first-order valence-electron chi connectivity index (χ1n) is 3.57. The lowest BCUT2D eigenvalue weighted by Crippen LogP contribution is -2.23. The highest BCUT2D eigenvalue weighted by molar-refractivity contribution is 6.48. The molecule has 0 bridgehead atoms. The van der Waals surface area contributed by atoms with E-state index in [9.17, 15) is 0 Å². The minimum atomic E-state index is 0.510. The van der Waals surface area contributed by atoms with Gasteiger partial charge in [0.25, 0.3) is 0 Å². The molecule has 1 aromatic carbocycles. The van der Waals surface area contributed by atoms with Crippen LogP contribution in [0.4, 0.5) is 5.69 Å². The molecule has 0 amide bonds. The van der Waals surface area contributed by atoms with E-state index >= 15 is 0 Å². The van der Waals surface area contributed by atoms with Gasteiger partial charge in [0.15, 0.2) is 0 Å². The van der Waals surface area contributed by atoms with Crippen molar-refractivity contribution < 1.29 is 5.02 Å². The van der Waals surface area contributed by atoms with Crippen LogP contribution in [-0.2, 0) is 0 Å². The largest absolute Gasteiger partial charge is 0.450 e. The quantitative estimate of drug-likeness (QED) is 0.319. The van der Waals surface area contributed by atoms with Crippen LogP contribution in [0.2, 0.25) is 0 Å². The number of rotatable bonds is 2. The van der Waals surface area contributed by atoms with E-state index in [0.29, 0.717) is 16.7 Å². The molecule has 0 aliphatic rings. The van der Waals surface area contributed by atoms with Crippen molar-refractivity contribution in [3.63, 3.8) is 0 Å². The summed E-state index contributed by atoms with van der Waals surface area (Å²) in [4.78, 5) is 0. The molecule has 4 heteroatoms. The number of benzene rings is 1. The Labute approximate surface area is 72.0 Å². The van der Waals surface area contributed by atoms with E-state index in [1.54, 1.807) is 6.07 Å². The zero-order valence-electron chi connectivity index (χ0n) is 6.83. The van der Waals surface area contributed by atoms with Crippen molar-refractivity contribution in [1.82, 2.24) is 0 Å². The summed E-state index contributed by atoms with van der Waals surface area (Å²) in [5, 5.41) is 16.0. The maximum Gasteiger partial charge on any atom is 0.327 e. The van der Waals surface area contributed by atoms with Gasteiger partial charge in [0, 0.05) is 17.5 Å². The fourth-order valence-electron chi connectivity index (χ4n) is 1.09.